The fraction of sp³-hybridized carbons (Fsp3) is 0.400. The van der Waals surface area contributed by atoms with E-state index in [4.69, 9.17) is 16.3 Å². The smallest absolute Gasteiger partial charge is 0.139 e. The Bertz CT molecular complexity index is 465. The quantitative estimate of drug-likeness (QED) is 0.484. The van der Waals surface area contributed by atoms with Gasteiger partial charge in [0.25, 0.3) is 0 Å². The van der Waals surface area contributed by atoms with Gasteiger partial charge in [0.05, 0.1) is 11.6 Å². The van der Waals surface area contributed by atoms with Crippen molar-refractivity contribution in [2.75, 3.05) is 13.2 Å². The molecule has 0 aliphatic carbocycles. The highest BCUT2D eigenvalue weighted by Crippen LogP contribution is 2.27. The zero-order valence-corrected chi connectivity index (χ0v) is 14.2. The lowest BCUT2D eigenvalue weighted by Gasteiger charge is -2.15. The van der Waals surface area contributed by atoms with Crippen molar-refractivity contribution in [2.45, 2.75) is 20.3 Å². The highest BCUT2D eigenvalue weighted by molar-refractivity contribution is 9.10. The first-order valence-electron chi connectivity index (χ1n) is 6.58. The molecular formula is C15H20BrClN2O. The lowest BCUT2D eigenvalue weighted by atomic mass is 10.1. The summed E-state index contributed by atoms with van der Waals surface area (Å²) in [4.78, 5) is 0. The Morgan fingerprint density at radius 3 is 2.95 bits per heavy atom. The first kappa shape index (κ1) is 17.1. The molecule has 1 rings (SSSR count). The van der Waals surface area contributed by atoms with E-state index in [0.29, 0.717) is 29.8 Å². The molecule has 0 saturated heterocycles. The summed E-state index contributed by atoms with van der Waals surface area (Å²) in [5.41, 5.74) is 0. The molecule has 0 aliphatic heterocycles. The SMILES string of the molecule is C=CN(CCOc1cc(Br)ccc1Cl)/N=C\[C@H](C)CC. The monoisotopic (exact) mass is 358 g/mol. The first-order chi connectivity index (χ1) is 9.56. The van der Waals surface area contributed by atoms with Gasteiger partial charge in [-0.25, -0.2) is 0 Å². The van der Waals surface area contributed by atoms with Crippen molar-refractivity contribution in [1.29, 1.82) is 0 Å². The van der Waals surface area contributed by atoms with Crippen molar-refractivity contribution in [2.24, 2.45) is 11.0 Å². The van der Waals surface area contributed by atoms with Crippen molar-refractivity contribution in [3.05, 3.63) is 40.5 Å². The molecule has 1 aromatic rings. The maximum Gasteiger partial charge on any atom is 0.139 e. The molecule has 0 bridgehead atoms. The van der Waals surface area contributed by atoms with Gasteiger partial charge in [-0.15, -0.1) is 0 Å². The minimum Gasteiger partial charge on any atom is -0.490 e. The maximum atomic E-state index is 6.06. The van der Waals surface area contributed by atoms with E-state index in [0.717, 1.165) is 10.9 Å². The molecule has 20 heavy (non-hydrogen) atoms. The Morgan fingerprint density at radius 1 is 1.55 bits per heavy atom. The topological polar surface area (TPSA) is 24.8 Å². The second-order valence-electron chi connectivity index (χ2n) is 4.42. The lowest BCUT2D eigenvalue weighted by Crippen LogP contribution is -2.19. The molecule has 1 atom stereocenters. The third-order valence-electron chi connectivity index (χ3n) is 2.80. The van der Waals surface area contributed by atoms with E-state index in [9.17, 15) is 0 Å². The van der Waals surface area contributed by atoms with E-state index in [-0.39, 0.29) is 0 Å². The Morgan fingerprint density at radius 2 is 2.30 bits per heavy atom. The number of hydrogen-bond donors (Lipinski definition) is 0. The van der Waals surface area contributed by atoms with E-state index < -0.39 is 0 Å². The molecule has 1 aromatic carbocycles. The van der Waals surface area contributed by atoms with Gasteiger partial charge < -0.3 is 4.74 Å². The van der Waals surface area contributed by atoms with Crippen LogP contribution in [0.5, 0.6) is 5.75 Å². The zero-order valence-electron chi connectivity index (χ0n) is 11.9. The van der Waals surface area contributed by atoms with Gasteiger partial charge in [-0.1, -0.05) is 48.0 Å². The van der Waals surface area contributed by atoms with Gasteiger partial charge >= 0.3 is 0 Å². The van der Waals surface area contributed by atoms with Gasteiger partial charge in [-0.3, -0.25) is 5.01 Å². The standard InChI is InChI=1S/C15H20BrClN2O/c1-4-12(3)11-18-19(5-2)8-9-20-15-10-13(16)6-7-14(15)17/h5-7,10-12H,2,4,8-9H2,1,3H3/b18-11-/t12-/m1/s1. The summed E-state index contributed by atoms with van der Waals surface area (Å²) in [6, 6.07) is 5.53. The number of halogens is 2. The van der Waals surface area contributed by atoms with Crippen molar-refractivity contribution in [3.8, 4) is 5.75 Å². The van der Waals surface area contributed by atoms with Gasteiger partial charge in [-0.05, 0) is 30.5 Å². The predicted octanol–water partition coefficient (Wildman–Crippen LogP) is 4.96. The van der Waals surface area contributed by atoms with Crippen molar-refractivity contribution in [3.63, 3.8) is 0 Å². The Kier molecular flexibility index (Phi) is 7.70. The van der Waals surface area contributed by atoms with Gasteiger partial charge in [0.1, 0.15) is 12.4 Å². The van der Waals surface area contributed by atoms with Gasteiger partial charge in [0.15, 0.2) is 0 Å². The Labute approximate surface area is 134 Å². The highest BCUT2D eigenvalue weighted by Gasteiger charge is 2.03. The third kappa shape index (κ3) is 5.97. The van der Waals surface area contributed by atoms with E-state index in [1.54, 1.807) is 17.3 Å². The lowest BCUT2D eigenvalue weighted by molar-refractivity contribution is 0.259. The molecule has 0 saturated carbocycles. The summed E-state index contributed by atoms with van der Waals surface area (Å²) in [6.45, 7) is 9.12. The summed E-state index contributed by atoms with van der Waals surface area (Å²) in [6.07, 6.45) is 4.68. The molecule has 5 heteroatoms. The molecule has 0 unspecified atom stereocenters. The van der Waals surface area contributed by atoms with E-state index >= 15 is 0 Å². The van der Waals surface area contributed by atoms with Crippen molar-refractivity contribution in [1.82, 2.24) is 5.01 Å². The second-order valence-corrected chi connectivity index (χ2v) is 5.74. The van der Waals surface area contributed by atoms with Crippen LogP contribution in [0.4, 0.5) is 0 Å². The Balaban J connectivity index is 2.47. The molecular weight excluding hydrogens is 340 g/mol. The van der Waals surface area contributed by atoms with Crippen LogP contribution in [0, 0.1) is 5.92 Å². The van der Waals surface area contributed by atoms with Crippen LogP contribution in [0.25, 0.3) is 0 Å². The molecule has 0 fully saturated rings. The number of benzene rings is 1. The van der Waals surface area contributed by atoms with Crippen LogP contribution in [-0.2, 0) is 0 Å². The van der Waals surface area contributed by atoms with Crippen LogP contribution in [0.15, 0.2) is 40.6 Å². The van der Waals surface area contributed by atoms with Crippen molar-refractivity contribution >= 4 is 33.7 Å². The average Bonchev–Trinajstić information content (AvgIpc) is 2.45. The summed E-state index contributed by atoms with van der Waals surface area (Å²) in [5.74, 6) is 1.12. The summed E-state index contributed by atoms with van der Waals surface area (Å²) in [5, 5.41) is 6.71. The number of rotatable bonds is 8. The largest absolute Gasteiger partial charge is 0.490 e. The summed E-state index contributed by atoms with van der Waals surface area (Å²) >= 11 is 9.45. The fourth-order valence-corrected chi connectivity index (χ4v) is 1.85. The normalized spacial score (nSPS) is 12.4. The summed E-state index contributed by atoms with van der Waals surface area (Å²) < 4.78 is 6.60. The minimum absolute atomic E-state index is 0.456. The minimum atomic E-state index is 0.456. The fourth-order valence-electron chi connectivity index (χ4n) is 1.34. The predicted molar refractivity (Wildman–Crippen MR) is 89.5 cm³/mol. The molecule has 3 nitrogen and oxygen atoms in total. The first-order valence-corrected chi connectivity index (χ1v) is 7.75. The molecule has 0 amide bonds. The number of hydrazone groups is 1. The van der Waals surface area contributed by atoms with Crippen LogP contribution in [0.1, 0.15) is 20.3 Å². The molecule has 0 radical (unpaired) electrons. The van der Waals surface area contributed by atoms with Crippen LogP contribution in [0.3, 0.4) is 0 Å². The zero-order chi connectivity index (χ0) is 15.0. The van der Waals surface area contributed by atoms with E-state index in [1.165, 1.54) is 0 Å². The highest BCUT2D eigenvalue weighted by atomic mass is 79.9. The van der Waals surface area contributed by atoms with E-state index in [2.05, 4.69) is 41.5 Å². The van der Waals surface area contributed by atoms with Crippen LogP contribution >= 0.6 is 27.5 Å². The molecule has 0 aromatic heterocycles. The van der Waals surface area contributed by atoms with Gasteiger partial charge in [0.2, 0.25) is 0 Å². The molecule has 110 valence electrons. The molecule has 0 heterocycles. The average molecular weight is 360 g/mol. The van der Waals surface area contributed by atoms with E-state index in [1.807, 2.05) is 18.3 Å². The maximum absolute atomic E-state index is 6.06. The van der Waals surface area contributed by atoms with Crippen LogP contribution < -0.4 is 4.74 Å². The van der Waals surface area contributed by atoms with Crippen LogP contribution in [-0.4, -0.2) is 24.4 Å². The number of nitrogens with zero attached hydrogens (tertiary/aromatic N) is 2. The molecule has 0 N–H and O–H groups in total. The molecule has 0 aliphatic rings. The van der Waals surface area contributed by atoms with Crippen LogP contribution in [0.2, 0.25) is 5.02 Å². The van der Waals surface area contributed by atoms with Gasteiger partial charge in [0, 0.05) is 16.9 Å². The Hall–Kier alpha value is -1.00. The third-order valence-corrected chi connectivity index (χ3v) is 3.60. The summed E-state index contributed by atoms with van der Waals surface area (Å²) in [7, 11) is 0. The number of hydrogen-bond acceptors (Lipinski definition) is 3. The second kappa shape index (κ2) is 9.03. The number of ether oxygens (including phenoxy) is 1. The van der Waals surface area contributed by atoms with Gasteiger partial charge in [-0.2, -0.15) is 5.10 Å². The molecule has 0 spiro atoms. The van der Waals surface area contributed by atoms with Crippen molar-refractivity contribution < 1.29 is 4.74 Å².